The van der Waals surface area contributed by atoms with E-state index in [0.717, 1.165) is 12.0 Å². The number of rotatable bonds is 11. The summed E-state index contributed by atoms with van der Waals surface area (Å²) in [7, 11) is 0. The Bertz CT molecular complexity index is 491. The molecule has 0 aromatic heterocycles. The van der Waals surface area contributed by atoms with Gasteiger partial charge in [0.1, 0.15) is 0 Å². The van der Waals surface area contributed by atoms with E-state index in [2.05, 4.69) is 5.32 Å². The molecule has 0 aliphatic rings. The summed E-state index contributed by atoms with van der Waals surface area (Å²) in [6.07, 6.45) is -0.0586. The number of nitrogens with one attached hydrogen (secondary N) is 1. The molecule has 1 rings (SSSR count). The zero-order valence-electron chi connectivity index (χ0n) is 14.6. The van der Waals surface area contributed by atoms with Crippen LogP contribution in [0.2, 0.25) is 0 Å². The first-order valence-electron chi connectivity index (χ1n) is 8.36. The molecule has 0 amide bonds. The van der Waals surface area contributed by atoms with Crippen LogP contribution in [-0.2, 0) is 23.8 Å². The van der Waals surface area contributed by atoms with Crippen LogP contribution < -0.4 is 5.32 Å². The average molecular weight is 337 g/mol. The second kappa shape index (κ2) is 11.6. The molecule has 0 fully saturated rings. The minimum absolute atomic E-state index is 0.0151. The van der Waals surface area contributed by atoms with E-state index in [4.69, 9.17) is 14.2 Å². The molecular weight excluding hydrogens is 310 g/mol. The first kappa shape index (κ1) is 20.1. The van der Waals surface area contributed by atoms with Crippen LogP contribution in [0, 0.1) is 0 Å². The third-order valence-corrected chi connectivity index (χ3v) is 3.25. The number of hydrogen-bond acceptors (Lipinski definition) is 6. The summed E-state index contributed by atoms with van der Waals surface area (Å²) in [4.78, 5) is 24.0. The van der Waals surface area contributed by atoms with Gasteiger partial charge in [0.25, 0.3) is 0 Å². The van der Waals surface area contributed by atoms with Crippen LogP contribution in [0.25, 0.3) is 0 Å². The highest BCUT2D eigenvalue weighted by molar-refractivity contribution is 5.76. The standard InChI is InChI=1S/C18H27NO5/c1-4-12-24-17(18(21)23-6-3)16(14-10-8-7-9-11-14)19-13-15(20)22-5-2/h7-11,16-17,19H,4-6,12-13H2,1-3H3/t16-,17+/m1/s1. The first-order chi connectivity index (χ1) is 11.6. The lowest BCUT2D eigenvalue weighted by atomic mass is 10.0. The molecule has 0 bridgehead atoms. The summed E-state index contributed by atoms with van der Waals surface area (Å²) >= 11 is 0. The number of ether oxygens (including phenoxy) is 3. The minimum Gasteiger partial charge on any atom is -0.465 e. The van der Waals surface area contributed by atoms with Gasteiger partial charge in [-0.3, -0.25) is 10.1 Å². The molecule has 1 aromatic rings. The van der Waals surface area contributed by atoms with Gasteiger partial charge in [0.05, 0.1) is 25.8 Å². The van der Waals surface area contributed by atoms with Gasteiger partial charge in [-0.1, -0.05) is 37.3 Å². The van der Waals surface area contributed by atoms with E-state index < -0.39 is 18.1 Å². The molecule has 0 aliphatic carbocycles. The molecule has 6 nitrogen and oxygen atoms in total. The van der Waals surface area contributed by atoms with E-state index in [1.165, 1.54) is 0 Å². The van der Waals surface area contributed by atoms with E-state index in [0.29, 0.717) is 13.2 Å². The van der Waals surface area contributed by atoms with Gasteiger partial charge in [-0.25, -0.2) is 4.79 Å². The van der Waals surface area contributed by atoms with Crippen LogP contribution in [0.1, 0.15) is 38.8 Å². The number of carbonyl (C=O) groups excluding carboxylic acids is 2. The quantitative estimate of drug-likeness (QED) is 0.624. The summed E-state index contributed by atoms with van der Waals surface area (Å²) < 4.78 is 15.8. The molecule has 6 heteroatoms. The lowest BCUT2D eigenvalue weighted by Crippen LogP contribution is -2.42. The van der Waals surface area contributed by atoms with Crippen LogP contribution in [0.15, 0.2) is 30.3 Å². The fourth-order valence-electron chi connectivity index (χ4n) is 2.23. The van der Waals surface area contributed by atoms with Gasteiger partial charge in [0.15, 0.2) is 6.10 Å². The first-order valence-corrected chi connectivity index (χ1v) is 8.36. The van der Waals surface area contributed by atoms with Gasteiger partial charge >= 0.3 is 11.9 Å². The number of benzene rings is 1. The summed E-state index contributed by atoms with van der Waals surface area (Å²) in [6.45, 7) is 6.45. The molecule has 0 saturated carbocycles. The lowest BCUT2D eigenvalue weighted by molar-refractivity contribution is -0.159. The van der Waals surface area contributed by atoms with Crippen molar-refractivity contribution < 1.29 is 23.8 Å². The molecule has 134 valence electrons. The van der Waals surface area contributed by atoms with Crippen molar-refractivity contribution in [3.8, 4) is 0 Å². The molecule has 1 N–H and O–H groups in total. The van der Waals surface area contributed by atoms with E-state index in [1.807, 2.05) is 37.3 Å². The summed E-state index contributed by atoms with van der Waals surface area (Å²) in [5, 5.41) is 3.07. The number of carbonyl (C=O) groups is 2. The van der Waals surface area contributed by atoms with Crippen LogP contribution in [-0.4, -0.2) is 44.4 Å². The van der Waals surface area contributed by atoms with Crippen molar-refractivity contribution in [2.45, 2.75) is 39.3 Å². The monoisotopic (exact) mass is 337 g/mol. The SMILES string of the molecule is CCCO[C@H](C(=O)OCC)[C@H](NCC(=O)OCC)c1ccccc1. The van der Waals surface area contributed by atoms with Crippen LogP contribution >= 0.6 is 0 Å². The maximum absolute atomic E-state index is 12.3. The molecule has 0 spiro atoms. The molecule has 0 radical (unpaired) electrons. The third kappa shape index (κ3) is 6.68. The van der Waals surface area contributed by atoms with Gasteiger partial charge < -0.3 is 14.2 Å². The fraction of sp³-hybridized carbons (Fsp3) is 0.556. The highest BCUT2D eigenvalue weighted by atomic mass is 16.6. The number of hydrogen-bond donors (Lipinski definition) is 1. The molecule has 0 unspecified atom stereocenters. The van der Waals surface area contributed by atoms with E-state index in [9.17, 15) is 9.59 Å². The topological polar surface area (TPSA) is 73.9 Å². The largest absolute Gasteiger partial charge is 0.465 e. The maximum Gasteiger partial charge on any atom is 0.337 e. The molecule has 1 aromatic carbocycles. The van der Waals surface area contributed by atoms with Gasteiger partial charge in [0, 0.05) is 6.61 Å². The normalized spacial score (nSPS) is 13.1. The third-order valence-electron chi connectivity index (χ3n) is 3.25. The maximum atomic E-state index is 12.3. The highest BCUT2D eigenvalue weighted by Crippen LogP contribution is 2.21. The molecule has 24 heavy (non-hydrogen) atoms. The Kier molecular flexibility index (Phi) is 9.72. The fourth-order valence-corrected chi connectivity index (χ4v) is 2.23. The average Bonchev–Trinajstić information content (AvgIpc) is 2.59. The molecule has 0 saturated heterocycles. The zero-order valence-corrected chi connectivity index (χ0v) is 14.6. The van der Waals surface area contributed by atoms with Crippen molar-refractivity contribution in [2.75, 3.05) is 26.4 Å². The van der Waals surface area contributed by atoms with Gasteiger partial charge in [-0.2, -0.15) is 0 Å². The van der Waals surface area contributed by atoms with Crippen molar-refractivity contribution >= 4 is 11.9 Å². The predicted molar refractivity (Wildman–Crippen MR) is 90.5 cm³/mol. The lowest BCUT2D eigenvalue weighted by Gasteiger charge is -2.27. The predicted octanol–water partition coefficient (Wildman–Crippen LogP) is 2.24. The Labute approximate surface area is 143 Å². The zero-order chi connectivity index (χ0) is 17.8. The van der Waals surface area contributed by atoms with Crippen molar-refractivity contribution in [2.24, 2.45) is 0 Å². The molecule has 0 aliphatic heterocycles. The molecular formula is C18H27NO5. The molecule has 0 heterocycles. The van der Waals surface area contributed by atoms with Crippen LogP contribution in [0.3, 0.4) is 0 Å². The van der Waals surface area contributed by atoms with Gasteiger partial charge in [-0.05, 0) is 25.8 Å². The Morgan fingerprint density at radius 2 is 1.71 bits per heavy atom. The summed E-state index contributed by atoms with van der Waals surface area (Å²) in [6, 6.07) is 8.89. The highest BCUT2D eigenvalue weighted by Gasteiger charge is 2.32. The second-order valence-corrected chi connectivity index (χ2v) is 5.12. The van der Waals surface area contributed by atoms with Crippen molar-refractivity contribution in [3.05, 3.63) is 35.9 Å². The van der Waals surface area contributed by atoms with Crippen molar-refractivity contribution in [1.29, 1.82) is 0 Å². The van der Waals surface area contributed by atoms with E-state index >= 15 is 0 Å². The Hall–Kier alpha value is -1.92. The second-order valence-electron chi connectivity index (χ2n) is 5.12. The Morgan fingerprint density at radius 1 is 1.04 bits per heavy atom. The van der Waals surface area contributed by atoms with Gasteiger partial charge in [0.2, 0.25) is 0 Å². The Balaban J connectivity index is 2.97. The smallest absolute Gasteiger partial charge is 0.337 e. The van der Waals surface area contributed by atoms with E-state index in [1.54, 1.807) is 13.8 Å². The van der Waals surface area contributed by atoms with Gasteiger partial charge in [-0.15, -0.1) is 0 Å². The van der Waals surface area contributed by atoms with E-state index in [-0.39, 0.29) is 19.1 Å². The van der Waals surface area contributed by atoms with Crippen LogP contribution in [0.5, 0.6) is 0 Å². The van der Waals surface area contributed by atoms with Crippen molar-refractivity contribution in [3.63, 3.8) is 0 Å². The van der Waals surface area contributed by atoms with Crippen LogP contribution in [0.4, 0.5) is 0 Å². The Morgan fingerprint density at radius 3 is 2.29 bits per heavy atom. The molecule has 2 atom stereocenters. The minimum atomic E-state index is -0.832. The summed E-state index contributed by atoms with van der Waals surface area (Å²) in [5.41, 5.74) is 0.843. The summed E-state index contributed by atoms with van der Waals surface area (Å²) in [5.74, 6) is -0.826. The van der Waals surface area contributed by atoms with Crippen molar-refractivity contribution in [1.82, 2.24) is 5.32 Å². The number of esters is 2.